The maximum absolute atomic E-state index is 12.8. The van der Waals surface area contributed by atoms with Crippen molar-refractivity contribution in [2.45, 2.75) is 193 Å². The number of phosphoric acid groups is 1. The number of allylic oxidation sites excluding steroid dienone is 16. The number of aliphatic hydroxyl groups is 1. The minimum atomic E-state index is -4.31. The van der Waals surface area contributed by atoms with Crippen LogP contribution in [0.25, 0.3) is 0 Å². The Morgan fingerprint density at radius 3 is 1.42 bits per heavy atom. The zero-order valence-corrected chi connectivity index (χ0v) is 41.2. The molecule has 0 saturated carbocycles. The van der Waals surface area contributed by atoms with E-state index in [1.165, 1.54) is 44.9 Å². The lowest BCUT2D eigenvalue weighted by molar-refractivity contribution is -0.870. The molecule has 3 atom stereocenters. The molecule has 0 saturated heterocycles. The minimum absolute atomic E-state index is 0.0683. The second-order valence-electron chi connectivity index (χ2n) is 17.5. The number of hydrogen-bond donors (Lipinski definition) is 3. The standard InChI is InChI=1S/C53H93N2O6P/c1-6-8-10-12-13-14-15-16-17-18-19-20-21-22-23-24-25-26-27-28-29-30-31-32-33-34-35-36-37-38-39-40-41-43-45-47-53(57)54-51(52(56)46-44-42-11-9-7-2)50-61-62(58,59)60-49-48-55(3,4)5/h8,10,13-14,16-17,19-20,22-23,25-26,28-29,31-32,51-52,56H,6-7,9,11-12,15,18,21,24,27,30,33-50H2,1-5H3,(H-,54,57,58,59)/p+1/b10-8-,14-13-,17-16-,20-19-,23-22-,26-25-,29-28-,32-31-. The number of unbranched alkanes of at least 4 members (excludes halogenated alkanes) is 14. The highest BCUT2D eigenvalue weighted by Crippen LogP contribution is 2.43. The summed E-state index contributed by atoms with van der Waals surface area (Å²) in [6, 6.07) is -0.764. The van der Waals surface area contributed by atoms with Gasteiger partial charge in [0.15, 0.2) is 0 Å². The van der Waals surface area contributed by atoms with Gasteiger partial charge in [0, 0.05) is 6.42 Å². The lowest BCUT2D eigenvalue weighted by atomic mass is 10.0. The summed E-state index contributed by atoms with van der Waals surface area (Å²) in [6.45, 7) is 4.65. The number of carbonyl (C=O) groups excluding carboxylic acids is 1. The number of amides is 1. The molecule has 3 unspecified atom stereocenters. The summed E-state index contributed by atoms with van der Waals surface area (Å²) in [5, 5.41) is 13.8. The van der Waals surface area contributed by atoms with Crippen LogP contribution in [0, 0.1) is 0 Å². The third-order valence-electron chi connectivity index (χ3n) is 10.3. The molecule has 0 aromatic carbocycles. The average Bonchev–Trinajstić information content (AvgIpc) is 3.23. The summed E-state index contributed by atoms with van der Waals surface area (Å²) < 4.78 is 23.4. The van der Waals surface area contributed by atoms with Gasteiger partial charge < -0.3 is 19.8 Å². The SMILES string of the molecule is CC/C=C\C/C=C\C/C=C\C/C=C\C/C=C\C/C=C\C/C=C\C/C=C\CCCCCCCCCCCCC(=O)NC(COP(=O)(O)OCC[N+](C)(C)C)C(O)CCCCCCC. The van der Waals surface area contributed by atoms with Gasteiger partial charge in [-0.1, -0.05) is 195 Å². The van der Waals surface area contributed by atoms with Crippen LogP contribution < -0.4 is 5.32 Å². The van der Waals surface area contributed by atoms with Gasteiger partial charge in [-0.3, -0.25) is 13.8 Å². The Kier molecular flexibility index (Phi) is 41.8. The Bertz CT molecular complexity index is 1330. The molecule has 0 heterocycles. The molecule has 8 nitrogen and oxygen atoms in total. The molecule has 356 valence electrons. The average molecular weight is 886 g/mol. The fourth-order valence-electron chi connectivity index (χ4n) is 6.47. The largest absolute Gasteiger partial charge is 0.472 e. The van der Waals surface area contributed by atoms with Crippen LogP contribution in [0.5, 0.6) is 0 Å². The molecule has 62 heavy (non-hydrogen) atoms. The van der Waals surface area contributed by atoms with Crippen molar-refractivity contribution < 1.29 is 32.9 Å². The molecule has 0 aliphatic carbocycles. The maximum Gasteiger partial charge on any atom is 0.472 e. The quantitative estimate of drug-likeness (QED) is 0.0244. The normalized spacial score (nSPS) is 15.0. The fourth-order valence-corrected chi connectivity index (χ4v) is 7.21. The summed E-state index contributed by atoms with van der Waals surface area (Å²) >= 11 is 0. The number of carbonyl (C=O) groups is 1. The molecule has 0 aromatic heterocycles. The van der Waals surface area contributed by atoms with Gasteiger partial charge >= 0.3 is 7.82 Å². The van der Waals surface area contributed by atoms with Crippen LogP contribution in [0.4, 0.5) is 0 Å². The number of phosphoric ester groups is 1. The topological polar surface area (TPSA) is 105 Å². The molecule has 0 aliphatic heterocycles. The minimum Gasteiger partial charge on any atom is -0.391 e. The van der Waals surface area contributed by atoms with Gasteiger partial charge in [0.05, 0.1) is 39.9 Å². The first-order valence-corrected chi connectivity index (χ1v) is 26.1. The Labute approximate surface area is 381 Å². The zero-order valence-electron chi connectivity index (χ0n) is 40.3. The van der Waals surface area contributed by atoms with Crippen LogP contribution in [-0.4, -0.2) is 73.4 Å². The van der Waals surface area contributed by atoms with Crippen molar-refractivity contribution in [1.29, 1.82) is 0 Å². The Hall–Kier alpha value is -2.58. The van der Waals surface area contributed by atoms with Crippen molar-refractivity contribution in [1.82, 2.24) is 5.32 Å². The first kappa shape index (κ1) is 59.4. The Balaban J connectivity index is 3.95. The van der Waals surface area contributed by atoms with Gasteiger partial charge in [0.25, 0.3) is 0 Å². The van der Waals surface area contributed by atoms with Crippen LogP contribution >= 0.6 is 7.82 Å². The van der Waals surface area contributed by atoms with Crippen LogP contribution in [-0.2, 0) is 18.4 Å². The first-order valence-electron chi connectivity index (χ1n) is 24.6. The highest BCUT2D eigenvalue weighted by molar-refractivity contribution is 7.47. The molecule has 9 heteroatoms. The number of hydrogen-bond acceptors (Lipinski definition) is 5. The maximum atomic E-state index is 12.8. The highest BCUT2D eigenvalue weighted by atomic mass is 31.2. The molecule has 0 radical (unpaired) electrons. The van der Waals surface area contributed by atoms with E-state index in [0.717, 1.165) is 109 Å². The molecule has 0 fully saturated rings. The van der Waals surface area contributed by atoms with E-state index < -0.39 is 20.0 Å². The third kappa shape index (κ3) is 45.4. The fraction of sp³-hybridized carbons (Fsp3) is 0.679. The number of nitrogens with one attached hydrogen (secondary N) is 1. The molecule has 0 aliphatic rings. The van der Waals surface area contributed by atoms with Crippen molar-refractivity contribution >= 4 is 13.7 Å². The number of quaternary nitrogens is 1. The van der Waals surface area contributed by atoms with Crippen LogP contribution in [0.15, 0.2) is 97.2 Å². The van der Waals surface area contributed by atoms with E-state index in [1.807, 2.05) is 21.1 Å². The number of likely N-dealkylation sites (N-methyl/N-ethyl adjacent to an activating group) is 1. The van der Waals surface area contributed by atoms with E-state index in [2.05, 4.69) is 116 Å². The van der Waals surface area contributed by atoms with Crippen molar-refractivity contribution in [3.63, 3.8) is 0 Å². The molecular formula is C53H94N2O6P+. The molecule has 1 amide bonds. The van der Waals surface area contributed by atoms with E-state index >= 15 is 0 Å². The van der Waals surface area contributed by atoms with Crippen molar-refractivity contribution in [2.24, 2.45) is 0 Å². The van der Waals surface area contributed by atoms with Crippen molar-refractivity contribution in [3.05, 3.63) is 97.2 Å². The van der Waals surface area contributed by atoms with E-state index in [-0.39, 0.29) is 19.1 Å². The lowest BCUT2D eigenvalue weighted by Crippen LogP contribution is -2.46. The van der Waals surface area contributed by atoms with Gasteiger partial charge in [-0.25, -0.2) is 4.57 Å². The predicted octanol–water partition coefficient (Wildman–Crippen LogP) is 14.3. The van der Waals surface area contributed by atoms with Crippen LogP contribution in [0.2, 0.25) is 0 Å². The summed E-state index contributed by atoms with van der Waals surface area (Å²) in [4.78, 5) is 23.0. The molecule has 0 aromatic rings. The van der Waals surface area contributed by atoms with E-state index in [9.17, 15) is 19.4 Å². The van der Waals surface area contributed by atoms with E-state index in [4.69, 9.17) is 9.05 Å². The monoisotopic (exact) mass is 886 g/mol. The van der Waals surface area contributed by atoms with E-state index in [1.54, 1.807) is 0 Å². The van der Waals surface area contributed by atoms with Gasteiger partial charge in [-0.15, -0.1) is 0 Å². The van der Waals surface area contributed by atoms with Crippen LogP contribution in [0.1, 0.15) is 181 Å². The number of aliphatic hydroxyl groups excluding tert-OH is 1. The summed E-state index contributed by atoms with van der Waals surface area (Å²) in [5.74, 6) is -0.162. The molecule has 0 rings (SSSR count). The van der Waals surface area contributed by atoms with Crippen molar-refractivity contribution in [2.75, 3.05) is 40.9 Å². The predicted molar refractivity (Wildman–Crippen MR) is 267 cm³/mol. The zero-order chi connectivity index (χ0) is 45.7. The highest BCUT2D eigenvalue weighted by Gasteiger charge is 2.28. The van der Waals surface area contributed by atoms with Crippen molar-refractivity contribution in [3.8, 4) is 0 Å². The van der Waals surface area contributed by atoms with Gasteiger partial charge in [0.2, 0.25) is 5.91 Å². The van der Waals surface area contributed by atoms with E-state index in [0.29, 0.717) is 23.9 Å². The summed E-state index contributed by atoms with van der Waals surface area (Å²) in [5.41, 5.74) is 0. The molecule has 3 N–H and O–H groups in total. The molecular weight excluding hydrogens is 792 g/mol. The summed E-state index contributed by atoms with van der Waals surface area (Å²) in [7, 11) is 1.59. The third-order valence-corrected chi connectivity index (χ3v) is 11.3. The molecule has 0 spiro atoms. The van der Waals surface area contributed by atoms with Gasteiger partial charge in [-0.2, -0.15) is 0 Å². The lowest BCUT2D eigenvalue weighted by Gasteiger charge is -2.26. The molecule has 0 bridgehead atoms. The number of nitrogens with zero attached hydrogens (tertiary/aromatic N) is 1. The second kappa shape index (κ2) is 43.7. The first-order chi connectivity index (χ1) is 30.0. The smallest absolute Gasteiger partial charge is 0.391 e. The Morgan fingerprint density at radius 1 is 0.565 bits per heavy atom. The van der Waals surface area contributed by atoms with Crippen LogP contribution in [0.3, 0.4) is 0 Å². The van der Waals surface area contributed by atoms with Gasteiger partial charge in [0.1, 0.15) is 13.2 Å². The number of rotatable bonds is 43. The Morgan fingerprint density at radius 2 is 0.968 bits per heavy atom. The van der Waals surface area contributed by atoms with Gasteiger partial charge in [-0.05, 0) is 77.0 Å². The summed E-state index contributed by atoms with van der Waals surface area (Å²) in [6.07, 6.45) is 62.1. The second-order valence-corrected chi connectivity index (χ2v) is 18.9.